The number of hydrogen-bond donors (Lipinski definition) is 1. The van der Waals surface area contributed by atoms with Gasteiger partial charge in [-0.05, 0) is 12.1 Å². The summed E-state index contributed by atoms with van der Waals surface area (Å²) in [5.74, 6) is -1.70. The average Bonchev–Trinajstić information content (AvgIpc) is 2.26. The molecule has 1 saturated heterocycles. The lowest BCUT2D eigenvalue weighted by Gasteiger charge is -2.35. The zero-order valence-electron chi connectivity index (χ0n) is 9.15. The molecule has 2 heterocycles. The number of carbonyl (C=O) groups is 1. The van der Waals surface area contributed by atoms with Crippen LogP contribution in [0.15, 0.2) is 23.2 Å². The molecule has 1 N–H and O–H groups in total. The number of aromatic nitrogens is 1. The van der Waals surface area contributed by atoms with Gasteiger partial charge in [0, 0.05) is 19.3 Å². The monoisotopic (exact) mass is 267 g/mol. The number of hydrogen-bond acceptors (Lipinski definition) is 5. The molecule has 0 saturated carbocycles. The lowest BCUT2D eigenvalue weighted by Crippen LogP contribution is -2.52. The minimum Gasteiger partial charge on any atom is -0.481 e. The van der Waals surface area contributed by atoms with E-state index in [0.717, 1.165) is 4.31 Å². The second kappa shape index (κ2) is 4.36. The minimum absolute atomic E-state index is 0.0720. The third kappa shape index (κ3) is 1.94. The van der Waals surface area contributed by atoms with Gasteiger partial charge in [-0.15, -0.1) is 0 Å². The SMILES string of the molecule is N#Cc1ncccc1S(=O)(=O)N1CC(C(=O)O)C1. The van der Waals surface area contributed by atoms with Crippen molar-refractivity contribution in [2.45, 2.75) is 4.90 Å². The topological polar surface area (TPSA) is 111 Å². The first-order valence-corrected chi connectivity index (χ1v) is 6.49. The number of aliphatic carboxylic acids is 1. The summed E-state index contributed by atoms with van der Waals surface area (Å²) in [7, 11) is -3.83. The second-order valence-electron chi connectivity index (χ2n) is 3.82. The quantitative estimate of drug-likeness (QED) is 0.801. The second-order valence-corrected chi connectivity index (χ2v) is 5.73. The van der Waals surface area contributed by atoms with Crippen LogP contribution in [0.3, 0.4) is 0 Å². The number of rotatable bonds is 3. The molecule has 94 valence electrons. The summed E-state index contributed by atoms with van der Waals surface area (Å²) in [6, 6.07) is 4.41. The zero-order valence-corrected chi connectivity index (χ0v) is 9.96. The predicted molar refractivity (Wildman–Crippen MR) is 58.8 cm³/mol. The van der Waals surface area contributed by atoms with E-state index in [1.165, 1.54) is 18.3 Å². The number of carboxylic acids is 1. The first kappa shape index (κ1) is 12.5. The number of sulfonamides is 1. The van der Waals surface area contributed by atoms with Gasteiger partial charge in [-0.3, -0.25) is 4.79 Å². The van der Waals surface area contributed by atoms with Crippen LogP contribution in [0.25, 0.3) is 0 Å². The Bertz CT molecular complexity index is 629. The van der Waals surface area contributed by atoms with Crippen molar-refractivity contribution in [1.29, 1.82) is 5.26 Å². The fourth-order valence-electron chi connectivity index (χ4n) is 1.61. The van der Waals surface area contributed by atoms with Gasteiger partial charge in [0.25, 0.3) is 0 Å². The van der Waals surface area contributed by atoms with Crippen LogP contribution in [0.1, 0.15) is 5.69 Å². The van der Waals surface area contributed by atoms with Gasteiger partial charge in [-0.2, -0.15) is 9.57 Å². The molecule has 0 radical (unpaired) electrons. The van der Waals surface area contributed by atoms with Crippen molar-refractivity contribution in [2.75, 3.05) is 13.1 Å². The number of nitriles is 1. The molecule has 0 atom stereocenters. The van der Waals surface area contributed by atoms with Crippen LogP contribution in [0.2, 0.25) is 0 Å². The van der Waals surface area contributed by atoms with E-state index in [0.29, 0.717) is 0 Å². The van der Waals surface area contributed by atoms with E-state index < -0.39 is 21.9 Å². The number of pyridine rings is 1. The molecule has 1 aliphatic heterocycles. The molecule has 18 heavy (non-hydrogen) atoms. The maximum atomic E-state index is 12.1. The summed E-state index contributed by atoms with van der Waals surface area (Å²) >= 11 is 0. The van der Waals surface area contributed by atoms with Gasteiger partial charge < -0.3 is 5.11 Å². The van der Waals surface area contributed by atoms with Crippen LogP contribution >= 0.6 is 0 Å². The highest BCUT2D eigenvalue weighted by Crippen LogP contribution is 2.26. The Morgan fingerprint density at radius 3 is 2.78 bits per heavy atom. The van der Waals surface area contributed by atoms with E-state index >= 15 is 0 Å². The Labute approximate surface area is 103 Å². The molecule has 0 aromatic carbocycles. The first-order valence-electron chi connectivity index (χ1n) is 5.05. The molecule has 1 aliphatic rings. The van der Waals surface area contributed by atoms with Crippen molar-refractivity contribution in [1.82, 2.24) is 9.29 Å². The summed E-state index contributed by atoms with van der Waals surface area (Å²) < 4.78 is 25.2. The highest BCUT2D eigenvalue weighted by molar-refractivity contribution is 7.89. The van der Waals surface area contributed by atoms with Gasteiger partial charge in [0.2, 0.25) is 10.0 Å². The van der Waals surface area contributed by atoms with E-state index in [4.69, 9.17) is 10.4 Å². The van der Waals surface area contributed by atoms with Gasteiger partial charge in [-0.25, -0.2) is 13.4 Å². The van der Waals surface area contributed by atoms with Crippen LogP contribution in [0.5, 0.6) is 0 Å². The van der Waals surface area contributed by atoms with Crippen molar-refractivity contribution in [3.63, 3.8) is 0 Å². The highest BCUT2D eigenvalue weighted by Gasteiger charge is 2.41. The zero-order chi connectivity index (χ0) is 13.3. The smallest absolute Gasteiger partial charge is 0.309 e. The molecule has 2 rings (SSSR count). The molecular weight excluding hydrogens is 258 g/mol. The van der Waals surface area contributed by atoms with Crippen molar-refractivity contribution < 1.29 is 18.3 Å². The van der Waals surface area contributed by atoms with Gasteiger partial charge in [0.15, 0.2) is 5.69 Å². The van der Waals surface area contributed by atoms with Crippen LogP contribution in [-0.2, 0) is 14.8 Å². The van der Waals surface area contributed by atoms with E-state index in [2.05, 4.69) is 4.98 Å². The minimum atomic E-state index is -3.83. The Kier molecular flexibility index (Phi) is 3.02. The fraction of sp³-hybridized carbons (Fsp3) is 0.300. The van der Waals surface area contributed by atoms with E-state index in [-0.39, 0.29) is 23.7 Å². The Morgan fingerprint density at radius 1 is 1.56 bits per heavy atom. The normalized spacial score (nSPS) is 16.8. The molecule has 0 aliphatic carbocycles. The van der Waals surface area contributed by atoms with E-state index in [1.807, 2.05) is 0 Å². The Morgan fingerprint density at radius 2 is 2.22 bits per heavy atom. The van der Waals surface area contributed by atoms with E-state index in [9.17, 15) is 13.2 Å². The molecule has 0 amide bonds. The largest absolute Gasteiger partial charge is 0.481 e. The van der Waals surface area contributed by atoms with Gasteiger partial charge in [0.1, 0.15) is 11.0 Å². The summed E-state index contributed by atoms with van der Waals surface area (Å²) in [6.07, 6.45) is 1.33. The third-order valence-electron chi connectivity index (χ3n) is 2.69. The van der Waals surface area contributed by atoms with Crippen molar-refractivity contribution in [3.05, 3.63) is 24.0 Å². The Hall–Kier alpha value is -1.98. The lowest BCUT2D eigenvalue weighted by atomic mass is 10.0. The molecule has 0 spiro atoms. The summed E-state index contributed by atoms with van der Waals surface area (Å²) in [4.78, 5) is 14.1. The van der Waals surface area contributed by atoms with Crippen LogP contribution < -0.4 is 0 Å². The number of nitrogens with zero attached hydrogens (tertiary/aromatic N) is 3. The van der Waals surface area contributed by atoms with Gasteiger partial charge in [0.05, 0.1) is 5.92 Å². The molecule has 0 bridgehead atoms. The van der Waals surface area contributed by atoms with Crippen LogP contribution in [-0.4, -0.2) is 41.9 Å². The maximum absolute atomic E-state index is 12.1. The van der Waals surface area contributed by atoms with Gasteiger partial charge in [-0.1, -0.05) is 0 Å². The molecule has 8 heteroatoms. The molecular formula is C10H9N3O4S. The fourth-order valence-corrected chi connectivity index (χ4v) is 3.24. The summed E-state index contributed by atoms with van der Waals surface area (Å²) in [5.41, 5.74) is -0.184. The number of carboxylic acid groups (broad SMARTS) is 1. The standard InChI is InChI=1S/C10H9N3O4S/c11-4-8-9(2-1-3-12-8)18(16,17)13-5-7(6-13)10(14)15/h1-3,7H,5-6H2,(H,14,15). The molecule has 1 aromatic heterocycles. The first-order chi connectivity index (χ1) is 8.46. The Balaban J connectivity index is 2.29. The molecule has 7 nitrogen and oxygen atoms in total. The molecule has 1 fully saturated rings. The predicted octanol–water partition coefficient (Wildman–Crippen LogP) is -0.342. The molecule has 0 unspecified atom stereocenters. The summed E-state index contributed by atoms with van der Waals surface area (Å²) in [5, 5.41) is 17.5. The third-order valence-corrected chi connectivity index (χ3v) is 4.55. The van der Waals surface area contributed by atoms with Crippen molar-refractivity contribution >= 4 is 16.0 Å². The van der Waals surface area contributed by atoms with E-state index in [1.54, 1.807) is 6.07 Å². The maximum Gasteiger partial charge on any atom is 0.309 e. The summed E-state index contributed by atoms with van der Waals surface area (Å²) in [6.45, 7) is -0.144. The van der Waals surface area contributed by atoms with Crippen LogP contribution in [0.4, 0.5) is 0 Å². The van der Waals surface area contributed by atoms with Crippen molar-refractivity contribution in [2.24, 2.45) is 5.92 Å². The van der Waals surface area contributed by atoms with Gasteiger partial charge >= 0.3 is 5.97 Å². The average molecular weight is 267 g/mol. The van der Waals surface area contributed by atoms with Crippen LogP contribution in [0, 0.1) is 17.2 Å². The molecule has 1 aromatic rings. The van der Waals surface area contributed by atoms with Crippen molar-refractivity contribution in [3.8, 4) is 6.07 Å². The lowest BCUT2D eigenvalue weighted by molar-refractivity contribution is -0.145. The highest BCUT2D eigenvalue weighted by atomic mass is 32.2.